The van der Waals surface area contributed by atoms with Crippen molar-refractivity contribution < 1.29 is 22.3 Å². The second kappa shape index (κ2) is 9.36. The Morgan fingerprint density at radius 1 is 1.10 bits per heavy atom. The Kier molecular flexibility index (Phi) is 6.82. The van der Waals surface area contributed by atoms with Crippen LogP contribution >= 0.6 is 11.6 Å². The number of benzene rings is 3. The van der Waals surface area contributed by atoms with E-state index < -0.39 is 28.3 Å². The number of anilines is 2. The number of carbonyl (C=O) groups is 1. The van der Waals surface area contributed by atoms with Crippen LogP contribution in [0.1, 0.15) is 5.56 Å². The lowest BCUT2D eigenvalue weighted by Crippen LogP contribution is -2.38. The largest absolute Gasteiger partial charge is 0.495 e. The predicted molar refractivity (Wildman–Crippen MR) is 119 cm³/mol. The first kappa shape index (κ1) is 22.6. The van der Waals surface area contributed by atoms with E-state index in [9.17, 15) is 17.6 Å². The average Bonchev–Trinajstić information content (AvgIpc) is 2.74. The van der Waals surface area contributed by atoms with Crippen molar-refractivity contribution in [1.29, 1.82) is 0 Å². The van der Waals surface area contributed by atoms with Crippen LogP contribution in [0, 0.1) is 12.7 Å². The number of methoxy groups -OCH3 is 1. The third-order valence-electron chi connectivity index (χ3n) is 4.44. The summed E-state index contributed by atoms with van der Waals surface area (Å²) in [6, 6.07) is 16.1. The molecule has 3 rings (SSSR count). The second-order valence-corrected chi connectivity index (χ2v) is 8.91. The quantitative estimate of drug-likeness (QED) is 0.555. The van der Waals surface area contributed by atoms with Gasteiger partial charge in [-0.2, -0.15) is 0 Å². The first-order chi connectivity index (χ1) is 14.7. The van der Waals surface area contributed by atoms with E-state index in [1.165, 1.54) is 31.4 Å². The van der Waals surface area contributed by atoms with Crippen LogP contribution < -0.4 is 14.4 Å². The molecular weight excluding hydrogens is 443 g/mol. The van der Waals surface area contributed by atoms with Gasteiger partial charge in [0.1, 0.15) is 23.0 Å². The number of sulfonamides is 1. The molecule has 3 aromatic carbocycles. The molecule has 1 N–H and O–H groups in total. The molecule has 0 spiro atoms. The van der Waals surface area contributed by atoms with E-state index in [4.69, 9.17) is 16.3 Å². The lowest BCUT2D eigenvalue weighted by Gasteiger charge is -2.25. The third-order valence-corrected chi connectivity index (χ3v) is 6.56. The molecule has 162 valence electrons. The minimum atomic E-state index is -4.24. The van der Waals surface area contributed by atoms with E-state index in [1.807, 2.05) is 0 Å². The standard InChI is InChI=1S/C22H20ClFN2O4S/c1-15-7-12-20(30-2)21(13-15)31(28,29)26(17-10-8-16(24)9-11-17)14-22(27)25-19-6-4-3-5-18(19)23/h3-13H,14H2,1-2H3,(H,25,27). The molecule has 0 saturated carbocycles. The molecule has 31 heavy (non-hydrogen) atoms. The van der Waals surface area contributed by atoms with E-state index in [0.717, 1.165) is 16.4 Å². The van der Waals surface area contributed by atoms with Crippen molar-refractivity contribution in [3.05, 3.63) is 83.1 Å². The minimum Gasteiger partial charge on any atom is -0.495 e. The maximum absolute atomic E-state index is 13.6. The Labute approximate surface area is 185 Å². The van der Waals surface area contributed by atoms with Crippen molar-refractivity contribution in [2.75, 3.05) is 23.3 Å². The van der Waals surface area contributed by atoms with E-state index in [-0.39, 0.29) is 16.3 Å². The molecule has 0 radical (unpaired) electrons. The highest BCUT2D eigenvalue weighted by molar-refractivity contribution is 7.93. The van der Waals surface area contributed by atoms with Crippen molar-refractivity contribution in [3.8, 4) is 5.75 Å². The molecular formula is C22H20ClFN2O4S. The van der Waals surface area contributed by atoms with Crippen molar-refractivity contribution in [3.63, 3.8) is 0 Å². The zero-order chi connectivity index (χ0) is 22.6. The number of hydrogen-bond donors (Lipinski definition) is 1. The fourth-order valence-corrected chi connectivity index (χ4v) is 4.76. The molecule has 0 aliphatic heterocycles. The topological polar surface area (TPSA) is 75.7 Å². The van der Waals surface area contributed by atoms with Gasteiger partial charge in [-0.25, -0.2) is 12.8 Å². The normalized spacial score (nSPS) is 11.1. The van der Waals surface area contributed by atoms with Crippen molar-refractivity contribution in [2.24, 2.45) is 0 Å². The zero-order valence-electron chi connectivity index (χ0n) is 16.8. The van der Waals surface area contributed by atoms with Crippen LogP contribution in [0.15, 0.2) is 71.6 Å². The number of ether oxygens (including phenoxy) is 1. The Balaban J connectivity index is 2.03. The molecule has 0 atom stereocenters. The van der Waals surface area contributed by atoms with Gasteiger partial charge in [0, 0.05) is 0 Å². The third kappa shape index (κ3) is 5.15. The van der Waals surface area contributed by atoms with Crippen molar-refractivity contribution in [1.82, 2.24) is 0 Å². The molecule has 0 aromatic heterocycles. The van der Waals surface area contributed by atoms with E-state index in [2.05, 4.69) is 5.32 Å². The maximum Gasteiger partial charge on any atom is 0.268 e. The molecule has 6 nitrogen and oxygen atoms in total. The summed E-state index contributed by atoms with van der Waals surface area (Å²) in [6.07, 6.45) is 0. The fourth-order valence-electron chi connectivity index (χ4n) is 2.91. The molecule has 3 aromatic rings. The Bertz CT molecular complexity index is 1200. The molecule has 0 saturated heterocycles. The Morgan fingerprint density at radius 3 is 2.42 bits per heavy atom. The monoisotopic (exact) mass is 462 g/mol. The van der Waals surface area contributed by atoms with Crippen LogP contribution in [0.2, 0.25) is 5.02 Å². The van der Waals surface area contributed by atoms with Gasteiger partial charge in [-0.3, -0.25) is 9.10 Å². The number of nitrogens with one attached hydrogen (secondary N) is 1. The number of rotatable bonds is 7. The van der Waals surface area contributed by atoms with Gasteiger partial charge in [-0.15, -0.1) is 0 Å². The summed E-state index contributed by atoms with van der Waals surface area (Å²) in [6.45, 7) is 1.18. The number of hydrogen-bond acceptors (Lipinski definition) is 4. The summed E-state index contributed by atoms with van der Waals surface area (Å²) in [5.74, 6) is -1.02. The van der Waals surface area contributed by atoms with E-state index >= 15 is 0 Å². The summed E-state index contributed by atoms with van der Waals surface area (Å²) < 4.78 is 46.7. The van der Waals surface area contributed by atoms with Crippen LogP contribution in [0.5, 0.6) is 5.75 Å². The van der Waals surface area contributed by atoms with Gasteiger partial charge in [0.15, 0.2) is 0 Å². The number of carbonyl (C=O) groups excluding carboxylic acids is 1. The highest BCUT2D eigenvalue weighted by Crippen LogP contribution is 2.31. The molecule has 1 amide bonds. The number of para-hydroxylation sites is 1. The molecule has 0 bridgehead atoms. The highest BCUT2D eigenvalue weighted by Gasteiger charge is 2.30. The Morgan fingerprint density at radius 2 is 1.77 bits per heavy atom. The summed E-state index contributed by atoms with van der Waals surface area (Å²) in [5, 5.41) is 2.92. The average molecular weight is 463 g/mol. The molecule has 0 fully saturated rings. The van der Waals surface area contributed by atoms with Crippen LogP contribution in [-0.4, -0.2) is 28.0 Å². The van der Waals surface area contributed by atoms with Gasteiger partial charge in [0.2, 0.25) is 5.91 Å². The number of amides is 1. The van der Waals surface area contributed by atoms with Crippen LogP contribution in [-0.2, 0) is 14.8 Å². The summed E-state index contributed by atoms with van der Waals surface area (Å²) in [5.41, 5.74) is 1.16. The zero-order valence-corrected chi connectivity index (χ0v) is 18.4. The molecule has 9 heteroatoms. The van der Waals surface area contributed by atoms with Gasteiger partial charge < -0.3 is 10.1 Å². The molecule has 0 heterocycles. The molecule has 0 aliphatic carbocycles. The summed E-state index contributed by atoms with van der Waals surface area (Å²) in [7, 11) is -2.88. The number of nitrogens with zero attached hydrogens (tertiary/aromatic N) is 1. The van der Waals surface area contributed by atoms with E-state index in [1.54, 1.807) is 37.3 Å². The first-order valence-electron chi connectivity index (χ1n) is 9.19. The summed E-state index contributed by atoms with van der Waals surface area (Å²) in [4.78, 5) is 12.6. The van der Waals surface area contributed by atoms with Crippen LogP contribution in [0.25, 0.3) is 0 Å². The molecule has 0 aliphatic rings. The minimum absolute atomic E-state index is 0.107. The van der Waals surface area contributed by atoms with Gasteiger partial charge >= 0.3 is 0 Å². The van der Waals surface area contributed by atoms with Gasteiger partial charge in [-0.1, -0.05) is 29.8 Å². The van der Waals surface area contributed by atoms with Crippen LogP contribution in [0.3, 0.4) is 0 Å². The lowest BCUT2D eigenvalue weighted by molar-refractivity contribution is -0.114. The summed E-state index contributed by atoms with van der Waals surface area (Å²) >= 11 is 6.08. The maximum atomic E-state index is 13.6. The molecule has 0 unspecified atom stereocenters. The second-order valence-electron chi connectivity index (χ2n) is 6.67. The fraction of sp³-hybridized carbons (Fsp3) is 0.136. The predicted octanol–water partition coefficient (Wildman–Crippen LogP) is 4.63. The smallest absolute Gasteiger partial charge is 0.268 e. The van der Waals surface area contributed by atoms with E-state index in [0.29, 0.717) is 16.3 Å². The van der Waals surface area contributed by atoms with Gasteiger partial charge in [0.25, 0.3) is 10.0 Å². The highest BCUT2D eigenvalue weighted by atomic mass is 35.5. The number of aryl methyl sites for hydroxylation is 1. The van der Waals surface area contributed by atoms with Gasteiger partial charge in [0.05, 0.1) is 23.5 Å². The number of halogens is 2. The van der Waals surface area contributed by atoms with Crippen LogP contribution in [0.4, 0.5) is 15.8 Å². The van der Waals surface area contributed by atoms with Crippen molar-refractivity contribution >= 4 is 38.9 Å². The Hall–Kier alpha value is -3.10. The SMILES string of the molecule is COc1ccc(C)cc1S(=O)(=O)N(CC(=O)Nc1ccccc1Cl)c1ccc(F)cc1. The van der Waals surface area contributed by atoms with Crippen molar-refractivity contribution in [2.45, 2.75) is 11.8 Å². The van der Waals surface area contributed by atoms with Gasteiger partial charge in [-0.05, 0) is 61.0 Å². The first-order valence-corrected chi connectivity index (χ1v) is 11.0. The lowest BCUT2D eigenvalue weighted by atomic mass is 10.2.